The van der Waals surface area contributed by atoms with Crippen LogP contribution in [-0.4, -0.2) is 35.1 Å². The van der Waals surface area contributed by atoms with E-state index in [-0.39, 0.29) is 6.04 Å². The average Bonchev–Trinajstić information content (AvgIpc) is 2.53. The molecule has 1 fully saturated rings. The predicted octanol–water partition coefficient (Wildman–Crippen LogP) is 1.60. The molecule has 1 unspecified atom stereocenters. The van der Waals surface area contributed by atoms with Crippen LogP contribution in [0.25, 0.3) is 0 Å². The summed E-state index contributed by atoms with van der Waals surface area (Å²) < 4.78 is 28.7. The molecule has 1 aromatic heterocycles. The van der Waals surface area contributed by atoms with Gasteiger partial charge in [-0.15, -0.1) is 0 Å². The Labute approximate surface area is 109 Å². The van der Waals surface area contributed by atoms with Gasteiger partial charge >= 0.3 is 0 Å². The number of hydrogen-bond acceptors (Lipinski definition) is 3. The average molecular weight is 271 g/mol. The van der Waals surface area contributed by atoms with Crippen molar-refractivity contribution in [2.24, 2.45) is 7.05 Å². The van der Waals surface area contributed by atoms with Gasteiger partial charge in [0.15, 0.2) is 0 Å². The van der Waals surface area contributed by atoms with E-state index in [1.807, 2.05) is 13.8 Å². The van der Waals surface area contributed by atoms with Gasteiger partial charge in [-0.1, -0.05) is 6.42 Å². The molecular formula is C12H21N3O2S. The quantitative estimate of drug-likeness (QED) is 0.821. The minimum absolute atomic E-state index is 0.0859. The Hall–Kier alpha value is -0.880. The highest BCUT2D eigenvalue weighted by Crippen LogP contribution is 2.28. The third-order valence-electron chi connectivity index (χ3n) is 3.75. The molecule has 5 nitrogen and oxygen atoms in total. The van der Waals surface area contributed by atoms with Crippen LogP contribution in [0.3, 0.4) is 0 Å². The molecule has 2 rings (SSSR count). The Morgan fingerprint density at radius 1 is 1.28 bits per heavy atom. The zero-order valence-corrected chi connectivity index (χ0v) is 12.3. The van der Waals surface area contributed by atoms with Gasteiger partial charge in [-0.05, 0) is 33.6 Å². The number of aromatic nitrogens is 2. The van der Waals surface area contributed by atoms with E-state index >= 15 is 0 Å². The Bertz CT molecular complexity index is 548. The van der Waals surface area contributed by atoms with E-state index in [9.17, 15) is 8.42 Å². The van der Waals surface area contributed by atoms with Crippen molar-refractivity contribution in [3.63, 3.8) is 0 Å². The maximum absolute atomic E-state index is 12.7. The maximum Gasteiger partial charge on any atom is 0.246 e. The number of piperidine rings is 1. The van der Waals surface area contributed by atoms with Gasteiger partial charge in [-0.25, -0.2) is 8.42 Å². The van der Waals surface area contributed by atoms with Gasteiger partial charge in [-0.2, -0.15) is 9.40 Å². The second-order valence-electron chi connectivity index (χ2n) is 5.08. The molecule has 0 saturated carbocycles. The lowest BCUT2D eigenvalue weighted by Gasteiger charge is -2.32. The van der Waals surface area contributed by atoms with Crippen LogP contribution >= 0.6 is 0 Å². The second kappa shape index (κ2) is 4.66. The fourth-order valence-corrected chi connectivity index (χ4v) is 4.78. The summed E-state index contributed by atoms with van der Waals surface area (Å²) in [4.78, 5) is 0.388. The SMILES string of the molecule is Cc1nn(C)c(C)c1S(=O)(=O)N1CCCCC1C. The summed E-state index contributed by atoms with van der Waals surface area (Å²) in [6, 6.07) is 0.0859. The summed E-state index contributed by atoms with van der Waals surface area (Å²) in [5.74, 6) is 0. The fourth-order valence-electron chi connectivity index (χ4n) is 2.67. The first-order chi connectivity index (χ1) is 8.35. The minimum atomic E-state index is -3.40. The summed E-state index contributed by atoms with van der Waals surface area (Å²) >= 11 is 0. The third-order valence-corrected chi connectivity index (χ3v) is 6.02. The number of nitrogens with zero attached hydrogens (tertiary/aromatic N) is 3. The summed E-state index contributed by atoms with van der Waals surface area (Å²) in [6.45, 7) is 6.17. The van der Waals surface area contributed by atoms with Crippen molar-refractivity contribution in [3.8, 4) is 0 Å². The summed E-state index contributed by atoms with van der Waals surface area (Å²) in [5.41, 5.74) is 1.30. The molecule has 6 heteroatoms. The second-order valence-corrected chi connectivity index (χ2v) is 6.91. The van der Waals surface area contributed by atoms with Crippen molar-refractivity contribution in [1.82, 2.24) is 14.1 Å². The topological polar surface area (TPSA) is 55.2 Å². The molecule has 0 aromatic carbocycles. The molecule has 1 aromatic rings. The van der Waals surface area contributed by atoms with Crippen LogP contribution in [0.15, 0.2) is 4.90 Å². The highest BCUT2D eigenvalue weighted by Gasteiger charge is 2.34. The van der Waals surface area contributed by atoms with Crippen molar-refractivity contribution in [2.75, 3.05) is 6.54 Å². The zero-order chi connectivity index (χ0) is 13.5. The van der Waals surface area contributed by atoms with E-state index in [1.54, 1.807) is 23.0 Å². The van der Waals surface area contributed by atoms with Crippen molar-refractivity contribution in [3.05, 3.63) is 11.4 Å². The lowest BCUT2D eigenvalue weighted by atomic mass is 10.1. The fraction of sp³-hybridized carbons (Fsp3) is 0.750. The molecule has 1 aliphatic heterocycles. The summed E-state index contributed by atoms with van der Waals surface area (Å²) in [7, 11) is -1.62. The first kappa shape index (κ1) is 13.5. The lowest BCUT2D eigenvalue weighted by Crippen LogP contribution is -2.42. The first-order valence-corrected chi connectivity index (χ1v) is 7.81. The highest BCUT2D eigenvalue weighted by molar-refractivity contribution is 7.89. The summed E-state index contributed by atoms with van der Waals surface area (Å²) in [6.07, 6.45) is 3.00. The van der Waals surface area contributed by atoms with E-state index in [2.05, 4.69) is 5.10 Å². The van der Waals surface area contributed by atoms with E-state index in [4.69, 9.17) is 0 Å². The van der Waals surface area contributed by atoms with E-state index in [0.717, 1.165) is 19.3 Å². The molecule has 0 radical (unpaired) electrons. The van der Waals surface area contributed by atoms with E-state index < -0.39 is 10.0 Å². The van der Waals surface area contributed by atoms with Crippen LogP contribution in [0.5, 0.6) is 0 Å². The van der Waals surface area contributed by atoms with Gasteiger partial charge < -0.3 is 0 Å². The first-order valence-electron chi connectivity index (χ1n) is 6.37. The minimum Gasteiger partial charge on any atom is -0.271 e. The number of aryl methyl sites for hydroxylation is 2. The van der Waals surface area contributed by atoms with Crippen molar-refractivity contribution in [1.29, 1.82) is 0 Å². The molecule has 18 heavy (non-hydrogen) atoms. The van der Waals surface area contributed by atoms with E-state index in [0.29, 0.717) is 22.8 Å². The normalized spacial score (nSPS) is 22.3. The molecule has 2 heterocycles. The van der Waals surface area contributed by atoms with Gasteiger partial charge in [0.05, 0.1) is 11.4 Å². The predicted molar refractivity (Wildman–Crippen MR) is 69.9 cm³/mol. The van der Waals surface area contributed by atoms with Gasteiger partial charge in [0.1, 0.15) is 4.90 Å². The molecule has 1 aliphatic rings. The zero-order valence-electron chi connectivity index (χ0n) is 11.5. The van der Waals surface area contributed by atoms with Gasteiger partial charge in [0, 0.05) is 19.6 Å². The van der Waals surface area contributed by atoms with Crippen molar-refractivity contribution < 1.29 is 8.42 Å². The number of hydrogen-bond donors (Lipinski definition) is 0. The van der Waals surface area contributed by atoms with Crippen LogP contribution in [0.2, 0.25) is 0 Å². The molecule has 1 atom stereocenters. The highest BCUT2D eigenvalue weighted by atomic mass is 32.2. The van der Waals surface area contributed by atoms with Crippen molar-refractivity contribution >= 4 is 10.0 Å². The lowest BCUT2D eigenvalue weighted by molar-refractivity contribution is 0.268. The standard InChI is InChI=1S/C12H21N3O2S/c1-9-7-5-6-8-15(9)18(16,17)12-10(2)13-14(4)11(12)3/h9H,5-8H2,1-4H3. The van der Waals surface area contributed by atoms with Crippen molar-refractivity contribution in [2.45, 2.75) is 51.0 Å². The Kier molecular flexibility index (Phi) is 3.51. The van der Waals surface area contributed by atoms with Gasteiger partial charge in [-0.3, -0.25) is 4.68 Å². The van der Waals surface area contributed by atoms with E-state index in [1.165, 1.54) is 0 Å². The molecule has 0 N–H and O–H groups in total. The molecule has 0 amide bonds. The Morgan fingerprint density at radius 3 is 2.44 bits per heavy atom. The molecule has 102 valence electrons. The summed E-state index contributed by atoms with van der Waals surface area (Å²) in [5, 5.41) is 4.21. The van der Waals surface area contributed by atoms with Crippen LogP contribution in [0.1, 0.15) is 37.6 Å². The van der Waals surface area contributed by atoms with Crippen LogP contribution in [0.4, 0.5) is 0 Å². The van der Waals surface area contributed by atoms with Crippen LogP contribution in [0, 0.1) is 13.8 Å². The monoisotopic (exact) mass is 271 g/mol. The Morgan fingerprint density at radius 2 is 1.94 bits per heavy atom. The van der Waals surface area contributed by atoms with Gasteiger partial charge in [0.25, 0.3) is 0 Å². The number of sulfonamides is 1. The Balaban J connectivity index is 2.47. The largest absolute Gasteiger partial charge is 0.271 e. The molecule has 0 aliphatic carbocycles. The molecule has 0 spiro atoms. The number of rotatable bonds is 2. The molecule has 0 bridgehead atoms. The van der Waals surface area contributed by atoms with Crippen LogP contribution in [-0.2, 0) is 17.1 Å². The maximum atomic E-state index is 12.7. The molecular weight excluding hydrogens is 250 g/mol. The smallest absolute Gasteiger partial charge is 0.246 e. The van der Waals surface area contributed by atoms with Crippen LogP contribution < -0.4 is 0 Å². The van der Waals surface area contributed by atoms with Gasteiger partial charge in [0.2, 0.25) is 10.0 Å². The molecule has 1 saturated heterocycles. The third kappa shape index (κ3) is 2.07.